The average Bonchev–Trinajstić information content (AvgIpc) is 3.26. The van der Waals surface area contributed by atoms with Crippen molar-refractivity contribution in [1.82, 2.24) is 0 Å². The number of nitro groups is 1. The molecule has 3 rings (SSSR count). The quantitative estimate of drug-likeness (QED) is 0.334. The van der Waals surface area contributed by atoms with E-state index in [0.717, 1.165) is 10.4 Å². The number of ether oxygens (including phenoxy) is 1. The van der Waals surface area contributed by atoms with Gasteiger partial charge in [-0.3, -0.25) is 14.9 Å². The van der Waals surface area contributed by atoms with Crippen LogP contribution in [0.3, 0.4) is 0 Å². The fraction of sp³-hybridized carbons (Fsp3) is 0.158. The van der Waals surface area contributed by atoms with Gasteiger partial charge in [0, 0.05) is 22.6 Å². The van der Waals surface area contributed by atoms with E-state index >= 15 is 0 Å². The number of rotatable bonds is 5. The fourth-order valence-corrected chi connectivity index (χ4v) is 3.96. The van der Waals surface area contributed by atoms with Crippen molar-refractivity contribution in [3.8, 4) is 11.3 Å². The largest absolute Gasteiger partial charge is 0.465 e. The predicted octanol–water partition coefficient (Wildman–Crippen LogP) is 5.23. The number of nitrogens with zero attached hydrogens (tertiary/aromatic N) is 1. The molecule has 1 amide bonds. The molecule has 1 N–H and O–H groups in total. The number of non-ortho nitro benzene ring substituents is 1. The van der Waals surface area contributed by atoms with Gasteiger partial charge in [-0.25, -0.2) is 4.79 Å². The summed E-state index contributed by atoms with van der Waals surface area (Å²) in [7, 11) is 1.27. The number of nitrogens with one attached hydrogen (secondary N) is 1. The number of carbonyl (C=O) groups excluding carboxylic acids is 2. The van der Waals surface area contributed by atoms with E-state index in [1.807, 2.05) is 6.92 Å². The zero-order valence-corrected chi connectivity index (χ0v) is 17.1. The zero-order chi connectivity index (χ0) is 21.3. The molecule has 150 valence electrons. The Hall–Kier alpha value is -3.17. The van der Waals surface area contributed by atoms with E-state index in [2.05, 4.69) is 5.32 Å². The Bertz CT molecular complexity index is 1130. The van der Waals surface area contributed by atoms with Crippen molar-refractivity contribution < 1.29 is 23.7 Å². The monoisotopic (exact) mass is 434 g/mol. The smallest absolute Gasteiger partial charge is 0.341 e. The molecule has 0 fully saturated rings. The number of carbonyl (C=O) groups is 2. The van der Waals surface area contributed by atoms with E-state index in [9.17, 15) is 19.7 Å². The fourth-order valence-electron chi connectivity index (χ4n) is 2.65. The van der Waals surface area contributed by atoms with Gasteiger partial charge in [0.1, 0.15) is 10.8 Å². The predicted molar refractivity (Wildman–Crippen MR) is 109 cm³/mol. The number of amides is 1. The van der Waals surface area contributed by atoms with Gasteiger partial charge in [0.2, 0.25) is 0 Å². The van der Waals surface area contributed by atoms with Crippen LogP contribution in [0.15, 0.2) is 34.7 Å². The first-order valence-corrected chi connectivity index (χ1v) is 9.46. The summed E-state index contributed by atoms with van der Waals surface area (Å²) < 4.78 is 10.4. The normalized spacial score (nSPS) is 10.6. The van der Waals surface area contributed by atoms with Crippen LogP contribution in [-0.4, -0.2) is 23.9 Å². The molecule has 0 aliphatic rings. The summed E-state index contributed by atoms with van der Waals surface area (Å²) in [6, 6.07) is 6.94. The summed E-state index contributed by atoms with van der Waals surface area (Å²) in [6.45, 7) is 3.61. The topological polar surface area (TPSA) is 112 Å². The molecule has 2 aromatic heterocycles. The minimum Gasteiger partial charge on any atom is -0.465 e. The molecule has 0 unspecified atom stereocenters. The van der Waals surface area contributed by atoms with E-state index in [-0.39, 0.29) is 22.2 Å². The van der Waals surface area contributed by atoms with E-state index in [0.29, 0.717) is 16.1 Å². The molecule has 29 heavy (non-hydrogen) atoms. The Labute approximate surface area is 174 Å². The van der Waals surface area contributed by atoms with Crippen LogP contribution < -0.4 is 5.32 Å². The highest BCUT2D eigenvalue weighted by molar-refractivity contribution is 7.16. The van der Waals surface area contributed by atoms with Crippen molar-refractivity contribution >= 4 is 45.5 Å². The first kappa shape index (κ1) is 20.6. The summed E-state index contributed by atoms with van der Waals surface area (Å²) in [4.78, 5) is 35.8. The third-order valence-electron chi connectivity index (χ3n) is 4.26. The maximum atomic E-state index is 12.6. The van der Waals surface area contributed by atoms with Gasteiger partial charge < -0.3 is 14.5 Å². The Balaban J connectivity index is 1.87. The van der Waals surface area contributed by atoms with Gasteiger partial charge in [-0.1, -0.05) is 11.6 Å². The number of halogens is 1. The number of anilines is 1. The van der Waals surface area contributed by atoms with E-state index in [1.54, 1.807) is 6.92 Å². The minimum absolute atomic E-state index is 0.00561. The number of benzene rings is 1. The van der Waals surface area contributed by atoms with E-state index < -0.39 is 16.8 Å². The molecule has 0 saturated heterocycles. The van der Waals surface area contributed by atoms with Crippen LogP contribution in [-0.2, 0) is 4.74 Å². The van der Waals surface area contributed by atoms with Crippen LogP contribution in [0.1, 0.15) is 31.4 Å². The SMILES string of the molecule is COC(=O)c1c(NC(=O)c2ccc(-c3ccc([N+](=O)[O-])cc3Cl)o2)sc(C)c1C. The van der Waals surface area contributed by atoms with Gasteiger partial charge in [0.05, 0.1) is 22.6 Å². The maximum absolute atomic E-state index is 12.6. The number of furan rings is 1. The molecule has 0 aliphatic carbocycles. The summed E-state index contributed by atoms with van der Waals surface area (Å²) >= 11 is 7.36. The molecule has 10 heteroatoms. The first-order valence-electron chi connectivity index (χ1n) is 8.26. The Kier molecular flexibility index (Phi) is 5.71. The zero-order valence-electron chi connectivity index (χ0n) is 15.6. The molecule has 0 spiro atoms. The van der Waals surface area contributed by atoms with Crippen molar-refractivity contribution in [1.29, 1.82) is 0 Å². The lowest BCUT2D eigenvalue weighted by atomic mass is 10.1. The molecule has 8 nitrogen and oxygen atoms in total. The number of hydrogen-bond acceptors (Lipinski definition) is 7. The van der Waals surface area contributed by atoms with Gasteiger partial charge in [0.25, 0.3) is 11.6 Å². The highest BCUT2D eigenvalue weighted by Crippen LogP contribution is 2.35. The molecule has 0 radical (unpaired) electrons. The van der Waals surface area contributed by atoms with Gasteiger partial charge in [-0.05, 0) is 37.6 Å². The summed E-state index contributed by atoms with van der Waals surface area (Å²) in [5, 5.41) is 14.0. The number of nitro benzene ring substituents is 1. The van der Waals surface area contributed by atoms with Crippen LogP contribution in [0.2, 0.25) is 5.02 Å². The third-order valence-corrected chi connectivity index (χ3v) is 5.70. The molecule has 1 aromatic carbocycles. The molecule has 0 bridgehead atoms. The second-order valence-electron chi connectivity index (χ2n) is 6.02. The lowest BCUT2D eigenvalue weighted by Gasteiger charge is -2.05. The second-order valence-corrected chi connectivity index (χ2v) is 7.65. The molecular formula is C19H15ClN2O6S. The van der Waals surface area contributed by atoms with Gasteiger partial charge in [-0.2, -0.15) is 0 Å². The number of methoxy groups -OCH3 is 1. The van der Waals surface area contributed by atoms with Gasteiger partial charge in [-0.15, -0.1) is 11.3 Å². The Morgan fingerprint density at radius 3 is 2.59 bits per heavy atom. The van der Waals surface area contributed by atoms with Crippen molar-refractivity contribution in [2.24, 2.45) is 0 Å². The third kappa shape index (κ3) is 4.01. The maximum Gasteiger partial charge on any atom is 0.341 e. The Morgan fingerprint density at radius 1 is 1.24 bits per heavy atom. The first-order chi connectivity index (χ1) is 13.7. The number of esters is 1. The van der Waals surface area contributed by atoms with E-state index in [4.69, 9.17) is 20.8 Å². The van der Waals surface area contributed by atoms with Crippen LogP contribution in [0.5, 0.6) is 0 Å². The van der Waals surface area contributed by atoms with Crippen molar-refractivity contribution in [2.45, 2.75) is 13.8 Å². The summed E-state index contributed by atoms with van der Waals surface area (Å²) in [6.07, 6.45) is 0. The average molecular weight is 435 g/mol. The highest BCUT2D eigenvalue weighted by Gasteiger charge is 2.23. The van der Waals surface area contributed by atoms with Gasteiger partial charge in [0.15, 0.2) is 5.76 Å². The van der Waals surface area contributed by atoms with Crippen LogP contribution in [0.25, 0.3) is 11.3 Å². The second kappa shape index (κ2) is 8.06. The lowest BCUT2D eigenvalue weighted by Crippen LogP contribution is -2.13. The van der Waals surface area contributed by atoms with Crippen LogP contribution in [0.4, 0.5) is 10.7 Å². The highest BCUT2D eigenvalue weighted by atomic mass is 35.5. The summed E-state index contributed by atoms with van der Waals surface area (Å²) in [5.74, 6) is -0.823. The molecule has 0 atom stereocenters. The standard InChI is InChI=1S/C19H15ClN2O6S/c1-9-10(2)29-18(16(9)19(24)27-3)21-17(23)15-7-6-14(28-15)12-5-4-11(22(25)26)8-13(12)20/h4-8H,1-3H3,(H,21,23). The molecule has 0 aliphatic heterocycles. The van der Waals surface area contributed by atoms with Crippen molar-refractivity contribution in [3.63, 3.8) is 0 Å². The number of hydrogen-bond donors (Lipinski definition) is 1. The molecule has 0 saturated carbocycles. The number of thiophene rings is 1. The minimum atomic E-state index is -0.555. The van der Waals surface area contributed by atoms with Crippen LogP contribution in [0, 0.1) is 24.0 Å². The van der Waals surface area contributed by atoms with Crippen molar-refractivity contribution in [2.75, 3.05) is 12.4 Å². The number of aryl methyl sites for hydroxylation is 1. The summed E-state index contributed by atoms with van der Waals surface area (Å²) in [5.41, 5.74) is 1.29. The molecule has 2 heterocycles. The van der Waals surface area contributed by atoms with Gasteiger partial charge >= 0.3 is 5.97 Å². The molecular weight excluding hydrogens is 420 g/mol. The van der Waals surface area contributed by atoms with Crippen molar-refractivity contribution in [3.05, 3.63) is 67.2 Å². The van der Waals surface area contributed by atoms with Crippen LogP contribution >= 0.6 is 22.9 Å². The van der Waals surface area contributed by atoms with E-state index in [1.165, 1.54) is 48.8 Å². The lowest BCUT2D eigenvalue weighted by molar-refractivity contribution is -0.384. The molecule has 3 aromatic rings. The Morgan fingerprint density at radius 2 is 1.97 bits per heavy atom.